The van der Waals surface area contributed by atoms with E-state index in [0.717, 1.165) is 12.0 Å². The zero-order valence-electron chi connectivity index (χ0n) is 18.6. The number of pyridine rings is 1. The molecule has 1 fully saturated rings. The maximum atomic E-state index is 13.3. The Bertz CT molecular complexity index is 1070. The van der Waals surface area contributed by atoms with Crippen molar-refractivity contribution in [3.63, 3.8) is 0 Å². The molecule has 32 heavy (non-hydrogen) atoms. The van der Waals surface area contributed by atoms with E-state index in [0.29, 0.717) is 24.3 Å². The number of sulfonamides is 1. The highest BCUT2D eigenvalue weighted by Gasteiger charge is 2.37. The lowest BCUT2D eigenvalue weighted by molar-refractivity contribution is -0.125. The monoisotopic (exact) mass is 459 g/mol. The number of piperidine rings is 1. The summed E-state index contributed by atoms with van der Waals surface area (Å²) < 4.78 is 33.5. The van der Waals surface area contributed by atoms with Gasteiger partial charge in [0.1, 0.15) is 6.04 Å². The van der Waals surface area contributed by atoms with E-state index in [1.807, 2.05) is 19.9 Å². The molecule has 0 bridgehead atoms. The molecule has 1 aromatic heterocycles. The Morgan fingerprint density at radius 2 is 1.91 bits per heavy atom. The molecule has 9 heteroatoms. The van der Waals surface area contributed by atoms with Gasteiger partial charge in [-0.15, -0.1) is 0 Å². The average molecular weight is 460 g/mol. The van der Waals surface area contributed by atoms with Crippen LogP contribution < -0.4 is 10.1 Å². The summed E-state index contributed by atoms with van der Waals surface area (Å²) in [7, 11) is -3.88. The summed E-state index contributed by atoms with van der Waals surface area (Å²) in [5.74, 6) is -0.0464. The summed E-state index contributed by atoms with van der Waals surface area (Å²) in [6, 6.07) is 8.60. The van der Waals surface area contributed by atoms with Gasteiger partial charge in [0.05, 0.1) is 11.0 Å². The number of aromatic nitrogens is 1. The molecule has 0 saturated carbocycles. The van der Waals surface area contributed by atoms with Gasteiger partial charge in [0.2, 0.25) is 21.8 Å². The summed E-state index contributed by atoms with van der Waals surface area (Å²) in [5.41, 5.74) is 1.16. The minimum atomic E-state index is -3.88. The summed E-state index contributed by atoms with van der Waals surface area (Å²) in [4.78, 5) is 28.8. The van der Waals surface area contributed by atoms with E-state index in [1.54, 1.807) is 12.3 Å². The largest absolute Gasteiger partial charge is 0.475 e. The molecule has 0 radical (unpaired) electrons. The highest BCUT2D eigenvalue weighted by molar-refractivity contribution is 7.89. The van der Waals surface area contributed by atoms with Crippen molar-refractivity contribution in [2.24, 2.45) is 0 Å². The molecule has 1 aromatic carbocycles. The van der Waals surface area contributed by atoms with Gasteiger partial charge in [-0.3, -0.25) is 9.59 Å². The molecule has 1 aliphatic heterocycles. The topological polar surface area (TPSA) is 106 Å². The third kappa shape index (κ3) is 5.52. The van der Waals surface area contributed by atoms with Gasteiger partial charge in [0.25, 0.3) is 0 Å². The minimum Gasteiger partial charge on any atom is -0.475 e. The first kappa shape index (κ1) is 23.9. The van der Waals surface area contributed by atoms with Gasteiger partial charge in [-0.05, 0) is 51.8 Å². The van der Waals surface area contributed by atoms with Crippen LogP contribution in [-0.4, -0.2) is 48.1 Å². The Kier molecular flexibility index (Phi) is 7.63. The van der Waals surface area contributed by atoms with Crippen LogP contribution in [0, 0.1) is 0 Å². The van der Waals surface area contributed by atoms with Crippen LogP contribution in [0.1, 0.15) is 56.0 Å². The molecule has 1 aliphatic rings. The van der Waals surface area contributed by atoms with Crippen LogP contribution in [0.15, 0.2) is 47.5 Å². The first-order valence-corrected chi connectivity index (χ1v) is 12.1. The molecule has 1 saturated heterocycles. The Hall–Kier alpha value is -2.78. The fraction of sp³-hybridized carbons (Fsp3) is 0.435. The molecule has 1 atom stereocenters. The smallest absolute Gasteiger partial charge is 0.243 e. The van der Waals surface area contributed by atoms with Crippen molar-refractivity contribution in [2.75, 3.05) is 6.54 Å². The number of ether oxygens (including phenoxy) is 1. The lowest BCUT2D eigenvalue weighted by atomic mass is 10.0. The highest BCUT2D eigenvalue weighted by Crippen LogP contribution is 2.26. The van der Waals surface area contributed by atoms with Crippen LogP contribution in [0.5, 0.6) is 5.88 Å². The number of nitrogens with zero attached hydrogens (tertiary/aromatic N) is 2. The predicted molar refractivity (Wildman–Crippen MR) is 120 cm³/mol. The molecule has 1 amide bonds. The van der Waals surface area contributed by atoms with Crippen molar-refractivity contribution in [1.82, 2.24) is 14.6 Å². The minimum absolute atomic E-state index is 0.0623. The summed E-state index contributed by atoms with van der Waals surface area (Å²) in [5, 5.41) is 2.85. The molecule has 1 unspecified atom stereocenters. The van der Waals surface area contributed by atoms with Gasteiger partial charge in [-0.2, -0.15) is 4.31 Å². The van der Waals surface area contributed by atoms with E-state index in [-0.39, 0.29) is 35.8 Å². The van der Waals surface area contributed by atoms with Gasteiger partial charge in [-0.25, -0.2) is 13.4 Å². The van der Waals surface area contributed by atoms with E-state index in [4.69, 9.17) is 4.74 Å². The highest BCUT2D eigenvalue weighted by atomic mass is 32.2. The maximum absolute atomic E-state index is 13.3. The van der Waals surface area contributed by atoms with E-state index in [9.17, 15) is 18.0 Å². The van der Waals surface area contributed by atoms with Gasteiger partial charge in [-0.1, -0.05) is 24.6 Å². The van der Waals surface area contributed by atoms with Crippen LogP contribution in [0.4, 0.5) is 0 Å². The second kappa shape index (κ2) is 10.2. The predicted octanol–water partition coefficient (Wildman–Crippen LogP) is 2.93. The second-order valence-electron chi connectivity index (χ2n) is 8.06. The summed E-state index contributed by atoms with van der Waals surface area (Å²) in [6.45, 7) is 5.67. The number of hydrogen-bond donors (Lipinski definition) is 1. The Balaban J connectivity index is 1.76. The van der Waals surface area contributed by atoms with Crippen molar-refractivity contribution < 1.29 is 22.7 Å². The number of benzene rings is 1. The Labute approximate surface area is 189 Å². The van der Waals surface area contributed by atoms with Crippen LogP contribution in [0.25, 0.3) is 0 Å². The Morgan fingerprint density at radius 1 is 1.19 bits per heavy atom. The van der Waals surface area contributed by atoms with Gasteiger partial charge in [0, 0.05) is 30.4 Å². The first-order valence-electron chi connectivity index (χ1n) is 10.7. The zero-order valence-corrected chi connectivity index (χ0v) is 19.4. The van der Waals surface area contributed by atoms with Gasteiger partial charge in [0.15, 0.2) is 5.78 Å². The number of Topliss-reactive ketones (excluding diaryl/α,β-unsaturated/α-hetero) is 1. The van der Waals surface area contributed by atoms with Crippen molar-refractivity contribution in [3.8, 4) is 5.88 Å². The lowest BCUT2D eigenvalue weighted by Crippen LogP contribution is -2.51. The first-order chi connectivity index (χ1) is 15.2. The molecule has 0 spiro atoms. The van der Waals surface area contributed by atoms with Crippen LogP contribution in [-0.2, 0) is 21.4 Å². The number of nitrogens with one attached hydrogen (secondary N) is 1. The number of amides is 1. The Morgan fingerprint density at radius 3 is 2.56 bits per heavy atom. The van der Waals surface area contributed by atoms with Crippen LogP contribution in [0.3, 0.4) is 0 Å². The van der Waals surface area contributed by atoms with E-state index in [2.05, 4.69) is 10.3 Å². The van der Waals surface area contributed by atoms with Crippen LogP contribution in [0.2, 0.25) is 0 Å². The standard InChI is InChI=1S/C23H29N3O5S/c1-16(2)31-23-19(7-6-13-24-23)15-25-22(28)21-8-4-5-14-26(21)32(29,30)20-11-9-18(10-12-20)17(3)27/h6-7,9-13,16,21H,4-5,8,14-15H2,1-3H3,(H,25,28). The maximum Gasteiger partial charge on any atom is 0.243 e. The molecular weight excluding hydrogens is 430 g/mol. The van der Waals surface area contributed by atoms with Crippen molar-refractivity contribution in [3.05, 3.63) is 53.7 Å². The number of hydrogen-bond acceptors (Lipinski definition) is 6. The number of rotatable bonds is 8. The van der Waals surface area contributed by atoms with Crippen molar-refractivity contribution in [1.29, 1.82) is 0 Å². The molecule has 172 valence electrons. The molecule has 0 aliphatic carbocycles. The van der Waals surface area contributed by atoms with E-state index in [1.165, 1.54) is 35.5 Å². The zero-order chi connectivity index (χ0) is 23.3. The summed E-state index contributed by atoms with van der Waals surface area (Å²) in [6.07, 6.45) is 3.45. The second-order valence-corrected chi connectivity index (χ2v) is 9.95. The average Bonchev–Trinajstić information content (AvgIpc) is 2.78. The number of carbonyl (C=O) groups is 2. The number of ketones is 1. The molecule has 3 rings (SSSR count). The number of carbonyl (C=O) groups excluding carboxylic acids is 2. The van der Waals surface area contributed by atoms with E-state index >= 15 is 0 Å². The SMILES string of the molecule is CC(=O)c1ccc(S(=O)(=O)N2CCCCC2C(=O)NCc2cccnc2OC(C)C)cc1. The third-order valence-electron chi connectivity index (χ3n) is 5.27. The quantitative estimate of drug-likeness (QED) is 0.609. The van der Waals surface area contributed by atoms with Gasteiger partial charge < -0.3 is 10.1 Å². The van der Waals surface area contributed by atoms with Crippen molar-refractivity contribution >= 4 is 21.7 Å². The summed E-state index contributed by atoms with van der Waals surface area (Å²) >= 11 is 0. The fourth-order valence-electron chi connectivity index (χ4n) is 3.64. The van der Waals surface area contributed by atoms with Crippen molar-refractivity contribution in [2.45, 2.75) is 63.6 Å². The van der Waals surface area contributed by atoms with E-state index < -0.39 is 16.1 Å². The molecular formula is C23H29N3O5S. The third-order valence-corrected chi connectivity index (χ3v) is 7.20. The molecule has 2 heterocycles. The molecule has 8 nitrogen and oxygen atoms in total. The van der Waals surface area contributed by atoms with Crippen LogP contribution >= 0.6 is 0 Å². The normalized spacial score (nSPS) is 17.2. The molecule has 2 aromatic rings. The lowest BCUT2D eigenvalue weighted by Gasteiger charge is -2.33. The fourth-order valence-corrected chi connectivity index (χ4v) is 5.30. The molecule has 1 N–H and O–H groups in total. The van der Waals surface area contributed by atoms with Gasteiger partial charge >= 0.3 is 0 Å².